The van der Waals surface area contributed by atoms with Crippen LogP contribution in [-0.4, -0.2) is 20.1 Å². The summed E-state index contributed by atoms with van der Waals surface area (Å²) in [6, 6.07) is 5.15. The molecule has 0 aliphatic carbocycles. The van der Waals surface area contributed by atoms with Crippen LogP contribution in [0.15, 0.2) is 23.1 Å². The van der Waals surface area contributed by atoms with Crippen LogP contribution in [0.2, 0.25) is 0 Å². The molecule has 0 bridgehead atoms. The molecule has 15 heavy (non-hydrogen) atoms. The maximum atomic E-state index is 11.7. The molecule has 0 spiro atoms. The zero-order chi connectivity index (χ0) is 11.1. The number of amides is 1. The molecule has 0 atom stereocenters. The summed E-state index contributed by atoms with van der Waals surface area (Å²) in [4.78, 5) is 11.2. The van der Waals surface area contributed by atoms with Gasteiger partial charge in [-0.2, -0.15) is 0 Å². The van der Waals surface area contributed by atoms with Crippen LogP contribution in [0.4, 0.5) is 5.69 Å². The van der Waals surface area contributed by atoms with Gasteiger partial charge >= 0.3 is 0 Å². The van der Waals surface area contributed by atoms with Gasteiger partial charge < -0.3 is 5.32 Å². The molecule has 0 saturated carbocycles. The van der Waals surface area contributed by atoms with Crippen LogP contribution >= 0.6 is 0 Å². The Balaban J connectivity index is 2.59. The average Bonchev–Trinajstić information content (AvgIpc) is 2.43. The Hall–Kier alpha value is -1.36. The van der Waals surface area contributed by atoms with Gasteiger partial charge in [0.25, 0.3) is 0 Å². The highest BCUT2D eigenvalue weighted by molar-refractivity contribution is 7.91. The van der Waals surface area contributed by atoms with Crippen molar-refractivity contribution in [1.82, 2.24) is 0 Å². The van der Waals surface area contributed by atoms with Gasteiger partial charge in [-0.3, -0.25) is 4.79 Å². The van der Waals surface area contributed by atoms with Crippen molar-refractivity contribution in [2.75, 3.05) is 11.1 Å². The average molecular weight is 225 g/mol. The highest BCUT2D eigenvalue weighted by Gasteiger charge is 2.29. The number of carbonyl (C=O) groups is 1. The van der Waals surface area contributed by atoms with Gasteiger partial charge in [0.2, 0.25) is 5.91 Å². The summed E-state index contributed by atoms with van der Waals surface area (Å²) in [6.07, 6.45) is 0.533. The van der Waals surface area contributed by atoms with Crippen molar-refractivity contribution in [3.63, 3.8) is 0 Å². The Morgan fingerprint density at radius 1 is 1.40 bits per heavy atom. The third-order valence-corrected chi connectivity index (χ3v) is 4.20. The quantitative estimate of drug-likeness (QED) is 0.774. The molecule has 1 amide bonds. The lowest BCUT2D eigenvalue weighted by Crippen LogP contribution is -2.10. The van der Waals surface area contributed by atoms with Crippen LogP contribution < -0.4 is 5.32 Å². The number of benzene rings is 1. The normalized spacial score (nSPS) is 17.1. The van der Waals surface area contributed by atoms with Crippen molar-refractivity contribution >= 4 is 21.4 Å². The monoisotopic (exact) mass is 225 g/mol. The van der Waals surface area contributed by atoms with E-state index < -0.39 is 9.84 Å². The molecular formula is C10H11NO3S. The zero-order valence-electron chi connectivity index (χ0n) is 8.28. The SMILES string of the molecule is CC(=O)Nc1cccc2c1S(=O)(=O)CC2. The van der Waals surface area contributed by atoms with Crippen molar-refractivity contribution in [2.45, 2.75) is 18.2 Å². The minimum atomic E-state index is -3.20. The van der Waals surface area contributed by atoms with E-state index in [1.54, 1.807) is 18.2 Å². The summed E-state index contributed by atoms with van der Waals surface area (Å²) in [7, 11) is -3.20. The van der Waals surface area contributed by atoms with Crippen molar-refractivity contribution in [1.29, 1.82) is 0 Å². The number of aryl methyl sites for hydroxylation is 1. The third kappa shape index (κ3) is 1.74. The number of fused-ring (bicyclic) bond motifs is 1. The molecular weight excluding hydrogens is 214 g/mol. The van der Waals surface area contributed by atoms with E-state index in [9.17, 15) is 13.2 Å². The van der Waals surface area contributed by atoms with E-state index in [2.05, 4.69) is 5.32 Å². The molecule has 1 aromatic rings. The maximum absolute atomic E-state index is 11.7. The fourth-order valence-corrected chi connectivity index (χ4v) is 3.50. The lowest BCUT2D eigenvalue weighted by Gasteiger charge is -2.07. The Kier molecular flexibility index (Phi) is 2.26. The highest BCUT2D eigenvalue weighted by atomic mass is 32.2. The molecule has 1 N–H and O–H groups in total. The fourth-order valence-electron chi connectivity index (χ4n) is 1.78. The number of hydrogen-bond acceptors (Lipinski definition) is 3. The first-order valence-corrected chi connectivity index (χ1v) is 6.28. The molecule has 0 unspecified atom stereocenters. The predicted octanol–water partition coefficient (Wildman–Crippen LogP) is 0.975. The lowest BCUT2D eigenvalue weighted by atomic mass is 10.1. The summed E-state index contributed by atoms with van der Waals surface area (Å²) >= 11 is 0. The van der Waals surface area contributed by atoms with Gasteiger partial charge in [0.1, 0.15) is 0 Å². The first-order chi connectivity index (χ1) is 7.00. The van der Waals surface area contributed by atoms with E-state index in [0.29, 0.717) is 17.0 Å². The standard InChI is InChI=1S/C10H11NO3S/c1-7(12)11-9-4-2-3-8-5-6-15(13,14)10(8)9/h2-4H,5-6H2,1H3,(H,11,12). The smallest absolute Gasteiger partial charge is 0.221 e. The minimum Gasteiger partial charge on any atom is -0.325 e. The number of hydrogen-bond donors (Lipinski definition) is 1. The molecule has 4 nitrogen and oxygen atoms in total. The number of anilines is 1. The first-order valence-electron chi connectivity index (χ1n) is 4.63. The Morgan fingerprint density at radius 2 is 2.13 bits per heavy atom. The summed E-state index contributed by atoms with van der Waals surface area (Å²) in [5.41, 5.74) is 1.19. The highest BCUT2D eigenvalue weighted by Crippen LogP contribution is 2.32. The zero-order valence-corrected chi connectivity index (χ0v) is 9.10. The fraction of sp³-hybridized carbons (Fsp3) is 0.300. The molecule has 0 saturated heterocycles. The largest absolute Gasteiger partial charge is 0.325 e. The van der Waals surface area contributed by atoms with Crippen LogP contribution in [-0.2, 0) is 21.1 Å². The minimum absolute atomic E-state index is 0.138. The van der Waals surface area contributed by atoms with Crippen molar-refractivity contribution in [2.24, 2.45) is 0 Å². The second-order valence-corrected chi connectivity index (χ2v) is 5.59. The molecule has 1 heterocycles. The molecule has 0 radical (unpaired) electrons. The second-order valence-electron chi connectivity index (χ2n) is 3.54. The number of sulfone groups is 1. The van der Waals surface area contributed by atoms with Crippen LogP contribution in [0.5, 0.6) is 0 Å². The van der Waals surface area contributed by atoms with Gasteiger partial charge in [0.15, 0.2) is 9.84 Å². The van der Waals surface area contributed by atoms with E-state index in [1.165, 1.54) is 6.92 Å². The molecule has 1 aliphatic heterocycles. The summed E-state index contributed by atoms with van der Waals surface area (Å²) in [5, 5.41) is 2.54. The van der Waals surface area contributed by atoms with Gasteiger partial charge in [-0.1, -0.05) is 12.1 Å². The van der Waals surface area contributed by atoms with Gasteiger partial charge in [0.05, 0.1) is 16.3 Å². The first kappa shape index (κ1) is 10.2. The molecule has 0 fully saturated rings. The van der Waals surface area contributed by atoms with Gasteiger partial charge in [-0.25, -0.2) is 8.42 Å². The molecule has 0 aromatic heterocycles. The summed E-state index contributed by atoms with van der Waals surface area (Å²) < 4.78 is 23.4. The van der Waals surface area contributed by atoms with Crippen LogP contribution in [0.1, 0.15) is 12.5 Å². The molecule has 5 heteroatoms. The van der Waals surface area contributed by atoms with Crippen LogP contribution in [0.3, 0.4) is 0 Å². The third-order valence-electron chi connectivity index (χ3n) is 2.36. The Labute approximate surface area is 88.2 Å². The maximum Gasteiger partial charge on any atom is 0.221 e. The second kappa shape index (κ2) is 3.34. The van der Waals surface area contributed by atoms with Crippen molar-refractivity contribution in [3.05, 3.63) is 23.8 Å². The predicted molar refractivity (Wildman–Crippen MR) is 56.5 cm³/mol. The molecule has 2 rings (SSSR count). The van der Waals surface area contributed by atoms with Gasteiger partial charge in [-0.05, 0) is 18.1 Å². The van der Waals surface area contributed by atoms with Crippen molar-refractivity contribution < 1.29 is 13.2 Å². The van der Waals surface area contributed by atoms with E-state index in [-0.39, 0.29) is 11.7 Å². The number of nitrogens with one attached hydrogen (secondary N) is 1. The Morgan fingerprint density at radius 3 is 2.80 bits per heavy atom. The molecule has 1 aliphatic rings. The van der Waals surface area contributed by atoms with E-state index in [0.717, 1.165) is 5.56 Å². The topological polar surface area (TPSA) is 63.2 Å². The van der Waals surface area contributed by atoms with E-state index >= 15 is 0 Å². The van der Waals surface area contributed by atoms with Gasteiger partial charge in [-0.15, -0.1) is 0 Å². The van der Waals surface area contributed by atoms with E-state index in [1.807, 2.05) is 0 Å². The number of rotatable bonds is 1. The molecule has 80 valence electrons. The summed E-state index contributed by atoms with van der Waals surface area (Å²) in [6.45, 7) is 1.36. The number of carbonyl (C=O) groups excluding carboxylic acids is 1. The summed E-state index contributed by atoms with van der Waals surface area (Å²) in [5.74, 6) is -0.121. The Bertz CT molecular complexity index is 519. The van der Waals surface area contributed by atoms with Crippen molar-refractivity contribution in [3.8, 4) is 0 Å². The molecule has 1 aromatic carbocycles. The van der Waals surface area contributed by atoms with Gasteiger partial charge in [0, 0.05) is 6.92 Å². The lowest BCUT2D eigenvalue weighted by molar-refractivity contribution is -0.114. The van der Waals surface area contributed by atoms with Crippen LogP contribution in [0, 0.1) is 0 Å². The van der Waals surface area contributed by atoms with E-state index in [4.69, 9.17) is 0 Å². The van der Waals surface area contributed by atoms with Crippen LogP contribution in [0.25, 0.3) is 0 Å².